The lowest BCUT2D eigenvalue weighted by atomic mass is 9.91. The topological polar surface area (TPSA) is 61.7 Å². The molecule has 7 aromatic rings. The van der Waals surface area contributed by atoms with Gasteiger partial charge in [-0.1, -0.05) is 146 Å². The fourth-order valence-corrected chi connectivity index (χ4v) is 6.89. The molecule has 5 heteroatoms. The van der Waals surface area contributed by atoms with Gasteiger partial charge in [-0.25, -0.2) is 15.0 Å². The Labute approximate surface area is 291 Å². The number of dihydropyridines is 1. The van der Waals surface area contributed by atoms with Gasteiger partial charge in [-0.15, -0.1) is 0 Å². The number of para-hydroxylation sites is 1. The number of amidine groups is 2. The Bertz CT molecular complexity index is 2440. The molecular formula is C45H33N5. The molecule has 0 bridgehead atoms. The van der Waals surface area contributed by atoms with Gasteiger partial charge >= 0.3 is 0 Å². The minimum absolute atomic E-state index is 0.362. The maximum absolute atomic E-state index is 5.15. The van der Waals surface area contributed by atoms with Crippen LogP contribution in [-0.4, -0.2) is 23.2 Å². The zero-order chi connectivity index (χ0) is 33.3. The van der Waals surface area contributed by atoms with Crippen molar-refractivity contribution in [3.05, 3.63) is 192 Å². The van der Waals surface area contributed by atoms with Gasteiger partial charge in [-0.05, 0) is 57.8 Å². The van der Waals surface area contributed by atoms with E-state index in [2.05, 4.69) is 138 Å². The van der Waals surface area contributed by atoms with E-state index in [1.807, 2.05) is 42.6 Å². The highest BCUT2D eigenvalue weighted by atomic mass is 15.2. The first kappa shape index (κ1) is 29.5. The Morgan fingerprint density at radius 3 is 1.90 bits per heavy atom. The molecule has 0 unspecified atom stereocenters. The molecule has 0 fully saturated rings. The van der Waals surface area contributed by atoms with E-state index in [1.165, 1.54) is 16.5 Å². The molecule has 3 heterocycles. The van der Waals surface area contributed by atoms with Crippen molar-refractivity contribution in [1.82, 2.24) is 15.6 Å². The van der Waals surface area contributed by atoms with Crippen LogP contribution in [0.25, 0.3) is 49.5 Å². The van der Waals surface area contributed by atoms with Gasteiger partial charge < -0.3 is 10.6 Å². The van der Waals surface area contributed by atoms with Gasteiger partial charge in [0, 0.05) is 33.8 Å². The van der Waals surface area contributed by atoms with Crippen LogP contribution in [0.2, 0.25) is 0 Å². The molecule has 2 aliphatic rings. The number of hydrogen-bond donors (Lipinski definition) is 2. The first-order valence-electron chi connectivity index (χ1n) is 16.9. The van der Waals surface area contributed by atoms with Crippen LogP contribution in [-0.2, 0) is 0 Å². The number of pyridine rings is 1. The summed E-state index contributed by atoms with van der Waals surface area (Å²) in [5.41, 5.74) is 10.9. The molecule has 0 atom stereocenters. The molecule has 1 aromatic heterocycles. The monoisotopic (exact) mass is 643 g/mol. The average molecular weight is 644 g/mol. The molecule has 5 nitrogen and oxygen atoms in total. The van der Waals surface area contributed by atoms with E-state index in [4.69, 9.17) is 15.0 Å². The lowest BCUT2D eigenvalue weighted by Gasteiger charge is -2.22. The van der Waals surface area contributed by atoms with Gasteiger partial charge in [0.1, 0.15) is 11.7 Å². The van der Waals surface area contributed by atoms with Crippen LogP contribution in [0.1, 0.15) is 28.6 Å². The number of allylic oxidation sites excluding steroid dienone is 2. The summed E-state index contributed by atoms with van der Waals surface area (Å²) in [7, 11) is 0. The third-order valence-corrected chi connectivity index (χ3v) is 9.37. The summed E-state index contributed by atoms with van der Waals surface area (Å²) in [6, 6.07) is 53.0. The maximum Gasteiger partial charge on any atom is 0.169 e. The van der Waals surface area contributed by atoms with Crippen molar-refractivity contribution >= 4 is 38.9 Å². The number of aromatic nitrogens is 1. The van der Waals surface area contributed by atoms with Gasteiger partial charge in [0.15, 0.2) is 6.17 Å². The van der Waals surface area contributed by atoms with E-state index in [-0.39, 0.29) is 6.17 Å². The quantitative estimate of drug-likeness (QED) is 0.177. The van der Waals surface area contributed by atoms with Gasteiger partial charge in [0.25, 0.3) is 0 Å². The molecule has 0 amide bonds. The minimum atomic E-state index is -0.362. The Kier molecular flexibility index (Phi) is 7.56. The molecule has 2 aliphatic heterocycles. The third kappa shape index (κ3) is 5.55. The molecule has 2 N–H and O–H groups in total. The highest BCUT2D eigenvalue weighted by Crippen LogP contribution is 2.39. The van der Waals surface area contributed by atoms with Crippen molar-refractivity contribution in [1.29, 1.82) is 0 Å². The maximum atomic E-state index is 5.15. The highest BCUT2D eigenvalue weighted by molar-refractivity contribution is 6.17. The van der Waals surface area contributed by atoms with Crippen LogP contribution >= 0.6 is 0 Å². The van der Waals surface area contributed by atoms with E-state index >= 15 is 0 Å². The molecule has 0 aliphatic carbocycles. The fourth-order valence-electron chi connectivity index (χ4n) is 6.89. The van der Waals surface area contributed by atoms with Gasteiger partial charge in [0.05, 0.1) is 11.2 Å². The minimum Gasteiger partial charge on any atom is -0.387 e. The van der Waals surface area contributed by atoms with Gasteiger partial charge in [0.2, 0.25) is 0 Å². The molecule has 50 heavy (non-hydrogen) atoms. The number of rotatable bonds is 6. The molecule has 0 saturated carbocycles. The number of fused-ring (bicyclic) bond motifs is 3. The Morgan fingerprint density at radius 1 is 0.540 bits per heavy atom. The summed E-state index contributed by atoms with van der Waals surface area (Å²) in [5, 5.41) is 10.3. The van der Waals surface area contributed by atoms with Crippen LogP contribution in [0.15, 0.2) is 180 Å². The second-order valence-electron chi connectivity index (χ2n) is 12.5. The normalized spacial score (nSPS) is 14.4. The van der Waals surface area contributed by atoms with Crippen LogP contribution in [0.5, 0.6) is 0 Å². The summed E-state index contributed by atoms with van der Waals surface area (Å²) in [6.45, 7) is 0.793. The van der Waals surface area contributed by atoms with Gasteiger partial charge in [-0.3, -0.25) is 0 Å². The smallest absolute Gasteiger partial charge is 0.169 e. The standard InChI is InChI=1S/C45H33N5/c1-3-11-32(12-4-1)43-48-44(33-13-5-2-6-14-33)50-45(49-43)34-23-21-30(22-24-34)35-15-9-16-36(29-35)37-18-10-19-39-41(37)38-17-7-8-20-40(38)47-42(39)31-25-27-46-28-26-31/h1-27,29,45-46H,28H2,(H,48,49,50). The number of aliphatic imine (C=N–C) groups is 2. The number of nitrogens with one attached hydrogen (secondary N) is 2. The summed E-state index contributed by atoms with van der Waals surface area (Å²) in [5.74, 6) is 1.63. The van der Waals surface area contributed by atoms with Crippen LogP contribution in [0.3, 0.4) is 0 Å². The fraction of sp³-hybridized carbons (Fsp3) is 0.0444. The number of benzene rings is 6. The molecular weight excluding hydrogens is 611 g/mol. The van der Waals surface area contributed by atoms with Crippen molar-refractivity contribution in [2.75, 3.05) is 6.54 Å². The molecule has 9 rings (SSSR count). The van der Waals surface area contributed by atoms with Crippen molar-refractivity contribution in [3.63, 3.8) is 0 Å². The lowest BCUT2D eigenvalue weighted by Crippen LogP contribution is -2.35. The zero-order valence-corrected chi connectivity index (χ0v) is 27.3. The van der Waals surface area contributed by atoms with Crippen molar-refractivity contribution in [2.45, 2.75) is 6.17 Å². The predicted octanol–water partition coefficient (Wildman–Crippen LogP) is 9.72. The molecule has 0 saturated heterocycles. The SMILES string of the molecule is C1=CC(c2nc3ccccc3c3c(-c4cccc(-c5ccc(C6N=C(c7ccccc7)NC(c7ccccc7)=N6)cc5)c4)cccc23)=CCN1. The van der Waals surface area contributed by atoms with Crippen molar-refractivity contribution in [2.24, 2.45) is 9.98 Å². The average Bonchev–Trinajstić information content (AvgIpc) is 3.21. The van der Waals surface area contributed by atoms with Crippen LogP contribution < -0.4 is 10.6 Å². The Balaban J connectivity index is 1.10. The molecule has 0 radical (unpaired) electrons. The van der Waals surface area contributed by atoms with E-state index in [0.717, 1.165) is 73.6 Å². The highest BCUT2D eigenvalue weighted by Gasteiger charge is 2.21. The molecule has 0 spiro atoms. The van der Waals surface area contributed by atoms with E-state index in [9.17, 15) is 0 Å². The molecule has 6 aromatic carbocycles. The number of hydrogen-bond acceptors (Lipinski definition) is 5. The van der Waals surface area contributed by atoms with Gasteiger partial charge in [-0.2, -0.15) is 0 Å². The second kappa shape index (κ2) is 12.8. The second-order valence-corrected chi connectivity index (χ2v) is 12.5. The third-order valence-electron chi connectivity index (χ3n) is 9.37. The van der Waals surface area contributed by atoms with E-state index in [0.29, 0.717) is 0 Å². The van der Waals surface area contributed by atoms with Crippen LogP contribution in [0.4, 0.5) is 0 Å². The first-order valence-corrected chi connectivity index (χ1v) is 16.9. The summed E-state index contributed by atoms with van der Waals surface area (Å²) in [6.07, 6.45) is 5.96. The summed E-state index contributed by atoms with van der Waals surface area (Å²) in [4.78, 5) is 15.2. The van der Waals surface area contributed by atoms with E-state index < -0.39 is 0 Å². The van der Waals surface area contributed by atoms with E-state index in [1.54, 1.807) is 0 Å². The number of nitrogens with zero attached hydrogens (tertiary/aromatic N) is 3. The summed E-state index contributed by atoms with van der Waals surface area (Å²) >= 11 is 0. The first-order chi connectivity index (χ1) is 24.8. The lowest BCUT2D eigenvalue weighted by molar-refractivity contribution is 0.756. The predicted molar refractivity (Wildman–Crippen MR) is 207 cm³/mol. The summed E-state index contributed by atoms with van der Waals surface area (Å²) < 4.78 is 0. The Hall–Kier alpha value is -6.59. The van der Waals surface area contributed by atoms with Crippen molar-refractivity contribution in [3.8, 4) is 22.3 Å². The Morgan fingerprint density at radius 2 is 1.18 bits per heavy atom. The van der Waals surface area contributed by atoms with Crippen molar-refractivity contribution < 1.29 is 0 Å². The molecule has 238 valence electrons. The largest absolute Gasteiger partial charge is 0.387 e. The van der Waals surface area contributed by atoms with Crippen LogP contribution in [0, 0.1) is 0 Å². The zero-order valence-electron chi connectivity index (χ0n) is 27.3.